The van der Waals surface area contributed by atoms with E-state index in [4.69, 9.17) is 4.55 Å². The van der Waals surface area contributed by atoms with Crippen LogP contribution in [0.4, 0.5) is 0 Å². The van der Waals surface area contributed by atoms with Crippen LogP contribution < -0.4 is 0 Å². The lowest BCUT2D eigenvalue weighted by atomic mass is 10.1. The van der Waals surface area contributed by atoms with E-state index in [-0.39, 0.29) is 5.16 Å². The molecule has 0 aliphatic rings. The van der Waals surface area contributed by atoms with Crippen LogP contribution in [0.5, 0.6) is 0 Å². The Labute approximate surface area is 102 Å². The van der Waals surface area contributed by atoms with E-state index in [0.29, 0.717) is 6.42 Å². The smallest absolute Gasteiger partial charge is 0.225 e. The van der Waals surface area contributed by atoms with Gasteiger partial charge >= 0.3 is 0 Å². The van der Waals surface area contributed by atoms with Gasteiger partial charge < -0.3 is 4.98 Å². The fraction of sp³-hybridized carbons (Fsp3) is 0.250. The first-order valence-corrected chi connectivity index (χ1v) is 6.54. The van der Waals surface area contributed by atoms with Gasteiger partial charge in [-0.2, -0.15) is 0 Å². The average molecular weight is 250 g/mol. The number of aromatic nitrogens is 2. The Hall–Kier alpha value is -1.46. The topological polar surface area (TPSA) is 66.0 Å². The van der Waals surface area contributed by atoms with Gasteiger partial charge in [0.05, 0.1) is 5.69 Å². The van der Waals surface area contributed by atoms with E-state index in [2.05, 4.69) is 9.97 Å². The Balaban J connectivity index is 2.29. The highest BCUT2D eigenvalue weighted by molar-refractivity contribution is 7.79. The van der Waals surface area contributed by atoms with Crippen molar-refractivity contribution in [3.8, 4) is 0 Å². The van der Waals surface area contributed by atoms with Crippen molar-refractivity contribution >= 4 is 11.1 Å². The maximum atomic E-state index is 11.0. The van der Waals surface area contributed by atoms with Gasteiger partial charge in [-0.1, -0.05) is 37.3 Å². The van der Waals surface area contributed by atoms with Gasteiger partial charge in [0.2, 0.25) is 16.2 Å². The molecule has 1 unspecified atom stereocenters. The van der Waals surface area contributed by atoms with E-state index in [1.165, 1.54) is 0 Å². The standard InChI is InChI=1S/C12H14N2O2S/c1-2-10-11(14-12(13-10)17(15)16)8-9-6-4-3-5-7-9/h3-7H,2,8H2,1H3,(H,13,14)(H,15,16). The van der Waals surface area contributed by atoms with Crippen LogP contribution in [0.2, 0.25) is 0 Å². The predicted octanol–water partition coefficient (Wildman–Crippen LogP) is 2.14. The largest absolute Gasteiger partial charge is 0.332 e. The lowest BCUT2D eigenvalue weighted by molar-refractivity contribution is 0.556. The molecular formula is C12H14N2O2S. The average Bonchev–Trinajstić information content (AvgIpc) is 2.74. The molecule has 5 heteroatoms. The number of H-pyrrole nitrogens is 1. The van der Waals surface area contributed by atoms with Crippen molar-refractivity contribution in [2.45, 2.75) is 24.9 Å². The Morgan fingerprint density at radius 2 is 2.06 bits per heavy atom. The van der Waals surface area contributed by atoms with E-state index in [0.717, 1.165) is 23.4 Å². The minimum Gasteiger partial charge on any atom is -0.332 e. The van der Waals surface area contributed by atoms with Crippen molar-refractivity contribution in [3.63, 3.8) is 0 Å². The number of benzene rings is 1. The van der Waals surface area contributed by atoms with Crippen molar-refractivity contribution in [1.29, 1.82) is 0 Å². The molecule has 17 heavy (non-hydrogen) atoms. The molecule has 4 nitrogen and oxygen atoms in total. The minimum absolute atomic E-state index is 0.132. The molecule has 1 aromatic carbocycles. The lowest BCUT2D eigenvalue weighted by Crippen LogP contribution is -1.93. The number of hydrogen-bond donors (Lipinski definition) is 2. The molecule has 0 amide bonds. The van der Waals surface area contributed by atoms with Crippen LogP contribution in [-0.2, 0) is 23.9 Å². The maximum Gasteiger partial charge on any atom is 0.225 e. The van der Waals surface area contributed by atoms with Crippen molar-refractivity contribution in [1.82, 2.24) is 9.97 Å². The van der Waals surface area contributed by atoms with Crippen LogP contribution in [0.3, 0.4) is 0 Å². The summed E-state index contributed by atoms with van der Waals surface area (Å²) in [6.45, 7) is 1.98. The summed E-state index contributed by atoms with van der Waals surface area (Å²) in [7, 11) is 0. The molecule has 0 aliphatic carbocycles. The Bertz CT molecular complexity index is 523. The zero-order chi connectivity index (χ0) is 12.3. The molecule has 2 rings (SSSR count). The SMILES string of the molecule is CCc1nc(S(=O)O)[nH]c1Cc1ccccc1. The summed E-state index contributed by atoms with van der Waals surface area (Å²) >= 11 is -2.04. The molecule has 1 heterocycles. The van der Waals surface area contributed by atoms with Crippen molar-refractivity contribution in [2.75, 3.05) is 0 Å². The number of imidazole rings is 1. The molecule has 90 valence electrons. The Kier molecular flexibility index (Phi) is 3.71. The summed E-state index contributed by atoms with van der Waals surface area (Å²) in [5, 5.41) is 0.132. The van der Waals surface area contributed by atoms with E-state index in [1.54, 1.807) is 0 Å². The first-order chi connectivity index (χ1) is 8.20. The molecule has 1 aromatic heterocycles. The second-order valence-corrected chi connectivity index (χ2v) is 4.62. The molecular weight excluding hydrogens is 236 g/mol. The summed E-state index contributed by atoms with van der Waals surface area (Å²) in [6.07, 6.45) is 1.45. The number of aryl methyl sites for hydroxylation is 1. The third kappa shape index (κ3) is 2.81. The fourth-order valence-corrected chi connectivity index (χ4v) is 2.14. The number of rotatable bonds is 4. The van der Waals surface area contributed by atoms with Crippen LogP contribution in [-0.4, -0.2) is 18.7 Å². The molecule has 0 radical (unpaired) electrons. The van der Waals surface area contributed by atoms with E-state index < -0.39 is 11.1 Å². The quantitative estimate of drug-likeness (QED) is 0.817. The third-order valence-electron chi connectivity index (χ3n) is 2.57. The normalized spacial score (nSPS) is 12.6. The monoisotopic (exact) mass is 250 g/mol. The Morgan fingerprint density at radius 1 is 1.35 bits per heavy atom. The van der Waals surface area contributed by atoms with Gasteiger partial charge in [0.25, 0.3) is 0 Å². The Morgan fingerprint density at radius 3 is 2.65 bits per heavy atom. The first kappa shape index (κ1) is 12.0. The summed E-state index contributed by atoms with van der Waals surface area (Å²) in [4.78, 5) is 7.04. The molecule has 0 aliphatic heterocycles. The van der Waals surface area contributed by atoms with Gasteiger partial charge in [0.1, 0.15) is 0 Å². The van der Waals surface area contributed by atoms with E-state index in [9.17, 15) is 4.21 Å². The highest BCUT2D eigenvalue weighted by atomic mass is 32.2. The molecule has 2 aromatic rings. The summed E-state index contributed by atoms with van der Waals surface area (Å²) in [5.41, 5.74) is 2.92. The van der Waals surface area contributed by atoms with Crippen LogP contribution in [0, 0.1) is 0 Å². The van der Waals surface area contributed by atoms with Gasteiger partial charge in [-0.25, -0.2) is 9.19 Å². The zero-order valence-corrected chi connectivity index (χ0v) is 10.3. The summed E-state index contributed by atoms with van der Waals surface area (Å²) < 4.78 is 20.0. The molecule has 2 N–H and O–H groups in total. The molecule has 0 spiro atoms. The number of aromatic amines is 1. The van der Waals surface area contributed by atoms with E-state index >= 15 is 0 Å². The molecule has 0 bridgehead atoms. The predicted molar refractivity (Wildman–Crippen MR) is 66.3 cm³/mol. The van der Waals surface area contributed by atoms with Gasteiger partial charge in [-0.05, 0) is 12.0 Å². The minimum atomic E-state index is -2.04. The lowest BCUT2D eigenvalue weighted by Gasteiger charge is -2.00. The number of hydrogen-bond acceptors (Lipinski definition) is 2. The van der Waals surface area contributed by atoms with Crippen LogP contribution >= 0.6 is 0 Å². The van der Waals surface area contributed by atoms with Gasteiger partial charge in [-0.15, -0.1) is 0 Å². The van der Waals surface area contributed by atoms with Gasteiger partial charge in [0, 0.05) is 12.1 Å². The molecule has 0 fully saturated rings. The number of nitrogens with zero attached hydrogens (tertiary/aromatic N) is 1. The van der Waals surface area contributed by atoms with Crippen LogP contribution in [0.15, 0.2) is 35.5 Å². The van der Waals surface area contributed by atoms with Crippen LogP contribution in [0.25, 0.3) is 0 Å². The highest BCUT2D eigenvalue weighted by Gasteiger charge is 2.12. The summed E-state index contributed by atoms with van der Waals surface area (Å²) in [6, 6.07) is 9.96. The molecule has 0 saturated heterocycles. The highest BCUT2D eigenvalue weighted by Crippen LogP contribution is 2.14. The maximum absolute atomic E-state index is 11.0. The van der Waals surface area contributed by atoms with Crippen molar-refractivity contribution in [2.24, 2.45) is 0 Å². The fourth-order valence-electron chi connectivity index (χ4n) is 1.74. The van der Waals surface area contributed by atoms with Crippen LogP contribution in [0.1, 0.15) is 23.9 Å². The van der Waals surface area contributed by atoms with Crippen molar-refractivity contribution in [3.05, 3.63) is 47.3 Å². The van der Waals surface area contributed by atoms with Gasteiger partial charge in [-0.3, -0.25) is 4.55 Å². The zero-order valence-electron chi connectivity index (χ0n) is 9.51. The van der Waals surface area contributed by atoms with E-state index in [1.807, 2.05) is 37.3 Å². The second kappa shape index (κ2) is 5.25. The molecule has 0 saturated carbocycles. The third-order valence-corrected chi connectivity index (χ3v) is 3.09. The van der Waals surface area contributed by atoms with Crippen molar-refractivity contribution < 1.29 is 8.76 Å². The second-order valence-electron chi connectivity index (χ2n) is 3.73. The summed E-state index contributed by atoms with van der Waals surface area (Å²) in [5.74, 6) is 0. The molecule has 1 atom stereocenters. The first-order valence-electron chi connectivity index (χ1n) is 5.43. The van der Waals surface area contributed by atoms with Gasteiger partial charge in [0.15, 0.2) is 0 Å². The number of nitrogens with one attached hydrogen (secondary N) is 1.